The quantitative estimate of drug-likeness (QED) is 0.291. The van der Waals surface area contributed by atoms with E-state index in [1.807, 2.05) is 24.3 Å². The monoisotopic (exact) mass is 568 g/mol. The van der Waals surface area contributed by atoms with Crippen LogP contribution < -0.4 is 20.1 Å². The molecule has 1 aromatic heterocycles. The highest BCUT2D eigenvalue weighted by Gasteiger charge is 2.44. The highest BCUT2D eigenvalue weighted by Crippen LogP contribution is 2.41. The molecule has 1 unspecified atom stereocenters. The first-order chi connectivity index (χ1) is 18.7. The largest absolute Gasteiger partial charge is 0.493 e. The molecule has 4 aromatic rings. The number of hydrogen-bond acceptors (Lipinski definition) is 6. The molecular weight excluding hydrogens is 543 g/mol. The van der Waals surface area contributed by atoms with Crippen molar-refractivity contribution in [1.29, 1.82) is 0 Å². The zero-order valence-corrected chi connectivity index (χ0v) is 22.6. The number of rotatable bonds is 8. The Kier molecular flexibility index (Phi) is 7.55. The minimum atomic E-state index is -3.97. The number of amides is 1. The molecule has 11 heteroatoms. The van der Waals surface area contributed by atoms with E-state index >= 15 is 0 Å². The summed E-state index contributed by atoms with van der Waals surface area (Å²) >= 11 is 6.35. The maximum atomic E-state index is 14.2. The maximum Gasteiger partial charge on any atom is 0.243 e. The molecule has 202 valence electrons. The van der Waals surface area contributed by atoms with Crippen LogP contribution in [0, 0.1) is 5.82 Å². The van der Waals surface area contributed by atoms with Crippen LogP contribution in [-0.4, -0.2) is 39.5 Å². The van der Waals surface area contributed by atoms with Gasteiger partial charge in [0.2, 0.25) is 15.9 Å². The van der Waals surface area contributed by atoms with Crippen molar-refractivity contribution in [3.63, 3.8) is 0 Å². The highest BCUT2D eigenvalue weighted by atomic mass is 35.5. The Hall–Kier alpha value is -3.57. The Morgan fingerprint density at radius 3 is 2.77 bits per heavy atom. The zero-order valence-electron chi connectivity index (χ0n) is 21.0. The molecule has 0 aliphatic carbocycles. The first-order valence-electron chi connectivity index (χ1n) is 12.2. The van der Waals surface area contributed by atoms with Crippen molar-refractivity contribution in [1.82, 2.24) is 15.0 Å². The first kappa shape index (κ1) is 27.0. The van der Waals surface area contributed by atoms with Crippen LogP contribution in [0.4, 0.5) is 10.1 Å². The molecule has 39 heavy (non-hydrogen) atoms. The summed E-state index contributed by atoms with van der Waals surface area (Å²) in [7, 11) is -2.75. The van der Waals surface area contributed by atoms with Gasteiger partial charge in [-0.3, -0.25) is 9.78 Å². The van der Waals surface area contributed by atoms with E-state index in [0.29, 0.717) is 40.6 Å². The highest BCUT2D eigenvalue weighted by molar-refractivity contribution is 7.89. The summed E-state index contributed by atoms with van der Waals surface area (Å²) in [6, 6.07) is 16.7. The molecule has 1 aliphatic rings. The summed E-state index contributed by atoms with van der Waals surface area (Å²) < 4.78 is 46.6. The third kappa shape index (κ3) is 5.33. The predicted octanol–water partition coefficient (Wildman–Crippen LogP) is 4.38. The van der Waals surface area contributed by atoms with Crippen molar-refractivity contribution in [2.24, 2.45) is 0 Å². The second kappa shape index (κ2) is 10.9. The summed E-state index contributed by atoms with van der Waals surface area (Å²) in [5, 5.41) is 8.56. The summed E-state index contributed by atoms with van der Waals surface area (Å²) in [6.07, 6.45) is 3.71. The fraction of sp³-hybridized carbons (Fsp3) is 0.214. The summed E-state index contributed by atoms with van der Waals surface area (Å²) in [5.74, 6) is -0.555. The number of sulfonamides is 1. The van der Waals surface area contributed by atoms with Crippen LogP contribution >= 0.6 is 11.6 Å². The van der Waals surface area contributed by atoms with Gasteiger partial charge in [0.15, 0.2) is 0 Å². The summed E-state index contributed by atoms with van der Waals surface area (Å²) in [6.45, 7) is 0.673. The van der Waals surface area contributed by atoms with Crippen molar-refractivity contribution < 1.29 is 22.3 Å². The Balaban J connectivity index is 1.47. The molecule has 1 amide bonds. The molecule has 3 aromatic carbocycles. The smallest absolute Gasteiger partial charge is 0.243 e. The minimum Gasteiger partial charge on any atom is -0.493 e. The molecule has 5 rings (SSSR count). The number of carbonyl (C=O) groups is 1. The van der Waals surface area contributed by atoms with E-state index in [9.17, 15) is 17.6 Å². The number of pyridine rings is 1. The van der Waals surface area contributed by atoms with Gasteiger partial charge < -0.3 is 15.4 Å². The van der Waals surface area contributed by atoms with Gasteiger partial charge in [0, 0.05) is 47.1 Å². The van der Waals surface area contributed by atoms with Crippen molar-refractivity contribution in [2.45, 2.75) is 23.3 Å². The molecule has 1 atom stereocenters. The second-order valence-corrected chi connectivity index (χ2v) is 11.6. The number of hydrogen-bond donors (Lipinski definition) is 3. The number of carbonyl (C=O) groups excluding carboxylic acids is 1. The fourth-order valence-corrected chi connectivity index (χ4v) is 5.85. The topological polar surface area (TPSA) is 109 Å². The van der Waals surface area contributed by atoms with Gasteiger partial charge >= 0.3 is 0 Å². The summed E-state index contributed by atoms with van der Waals surface area (Å²) in [5.41, 5.74) is 0.678. The van der Waals surface area contributed by atoms with Gasteiger partial charge in [0.05, 0.1) is 23.9 Å². The van der Waals surface area contributed by atoms with E-state index in [4.69, 9.17) is 16.3 Å². The Morgan fingerprint density at radius 1 is 1.13 bits per heavy atom. The summed E-state index contributed by atoms with van der Waals surface area (Å²) in [4.78, 5) is 17.9. The Bertz CT molecular complexity index is 1660. The number of halogens is 2. The van der Waals surface area contributed by atoms with E-state index < -0.39 is 26.2 Å². The predicted molar refractivity (Wildman–Crippen MR) is 148 cm³/mol. The van der Waals surface area contributed by atoms with Gasteiger partial charge in [-0.15, -0.1) is 0 Å². The number of fused-ring (bicyclic) bond motifs is 2. The van der Waals surface area contributed by atoms with Crippen molar-refractivity contribution in [3.05, 3.63) is 95.0 Å². The molecule has 2 heterocycles. The molecule has 0 saturated heterocycles. The number of benzene rings is 3. The molecule has 1 aliphatic heterocycles. The van der Waals surface area contributed by atoms with E-state index in [-0.39, 0.29) is 19.0 Å². The molecule has 0 saturated carbocycles. The van der Waals surface area contributed by atoms with Gasteiger partial charge in [0.1, 0.15) is 16.5 Å². The lowest BCUT2D eigenvalue weighted by Gasteiger charge is -2.38. The number of aromatic nitrogens is 1. The maximum absolute atomic E-state index is 14.2. The molecule has 0 fully saturated rings. The van der Waals surface area contributed by atoms with Gasteiger partial charge in [-0.25, -0.2) is 17.5 Å². The van der Waals surface area contributed by atoms with E-state index in [1.165, 1.54) is 19.2 Å². The van der Waals surface area contributed by atoms with Crippen LogP contribution in [-0.2, 0) is 26.8 Å². The average molecular weight is 569 g/mol. The van der Waals surface area contributed by atoms with E-state index in [1.54, 1.807) is 30.6 Å². The van der Waals surface area contributed by atoms with Crippen LogP contribution in [0.3, 0.4) is 0 Å². The lowest BCUT2D eigenvalue weighted by Crippen LogP contribution is -2.50. The third-order valence-electron chi connectivity index (χ3n) is 6.90. The van der Waals surface area contributed by atoms with E-state index in [2.05, 4.69) is 20.3 Å². The number of nitrogens with one attached hydrogen (secondary N) is 3. The Labute approximate surface area is 230 Å². The van der Waals surface area contributed by atoms with Crippen LogP contribution in [0.1, 0.15) is 17.5 Å². The number of nitrogens with zero attached hydrogens (tertiary/aromatic N) is 1. The lowest BCUT2D eigenvalue weighted by molar-refractivity contribution is -0.122. The normalized spacial score (nSPS) is 16.9. The second-order valence-electron chi connectivity index (χ2n) is 9.26. The number of anilines is 1. The molecular formula is C28H26ClFN4O4S. The standard InChI is InChI=1S/C28H26ClFN4O4S/c1-31-39(36,37)26-12-18(6-8-23(26)30)14-33-17-28(10-11-38-25-9-7-20(29)13-22(25)28)27(35)34-24-16-32-15-19-4-2-3-5-21(19)24/h2-9,12-13,15-16,31,33H,10-11,14,17H2,1H3,(H,34,35). The first-order valence-corrected chi connectivity index (χ1v) is 14.1. The van der Waals surface area contributed by atoms with Crippen LogP contribution in [0.5, 0.6) is 5.75 Å². The molecule has 0 bridgehead atoms. The van der Waals surface area contributed by atoms with Crippen LogP contribution in [0.2, 0.25) is 5.02 Å². The van der Waals surface area contributed by atoms with Crippen LogP contribution in [0.25, 0.3) is 10.8 Å². The minimum absolute atomic E-state index is 0.180. The number of ether oxygens (including phenoxy) is 1. The van der Waals surface area contributed by atoms with Gasteiger partial charge in [0.25, 0.3) is 0 Å². The third-order valence-corrected chi connectivity index (χ3v) is 8.57. The molecule has 0 radical (unpaired) electrons. The SMILES string of the molecule is CNS(=O)(=O)c1cc(CNCC2(C(=O)Nc3cncc4ccccc34)CCOc3ccc(Cl)cc32)ccc1F. The molecule has 8 nitrogen and oxygen atoms in total. The fourth-order valence-electron chi connectivity index (χ4n) is 4.82. The average Bonchev–Trinajstić information content (AvgIpc) is 2.94. The van der Waals surface area contributed by atoms with Gasteiger partial charge in [-0.2, -0.15) is 0 Å². The van der Waals surface area contributed by atoms with Gasteiger partial charge in [-0.1, -0.05) is 41.9 Å². The van der Waals surface area contributed by atoms with Crippen molar-refractivity contribution in [2.75, 3.05) is 25.5 Å². The Morgan fingerprint density at radius 2 is 1.95 bits per heavy atom. The van der Waals surface area contributed by atoms with Crippen molar-refractivity contribution >= 4 is 44.0 Å². The lowest BCUT2D eigenvalue weighted by atomic mass is 9.74. The van der Waals surface area contributed by atoms with Crippen molar-refractivity contribution in [3.8, 4) is 5.75 Å². The molecule has 3 N–H and O–H groups in total. The zero-order chi connectivity index (χ0) is 27.6. The van der Waals surface area contributed by atoms with Gasteiger partial charge in [-0.05, 0) is 42.9 Å². The van der Waals surface area contributed by atoms with E-state index in [0.717, 1.165) is 16.8 Å². The molecule has 0 spiro atoms. The van der Waals surface area contributed by atoms with Crippen LogP contribution in [0.15, 0.2) is 78.0 Å².